The van der Waals surface area contributed by atoms with Gasteiger partial charge in [0.25, 0.3) is 0 Å². The molecule has 0 amide bonds. The van der Waals surface area contributed by atoms with Crippen LogP contribution in [0.2, 0.25) is 0 Å². The maximum Gasteiger partial charge on any atom is 0.194 e. The van der Waals surface area contributed by atoms with Gasteiger partial charge in [0.2, 0.25) is 0 Å². The fourth-order valence-electron chi connectivity index (χ4n) is 3.61. The number of imidazole rings is 1. The Bertz CT molecular complexity index is 1050. The van der Waals surface area contributed by atoms with Crippen LogP contribution in [0.4, 0.5) is 4.39 Å². The molecule has 1 aromatic carbocycles. The first-order valence-electron chi connectivity index (χ1n) is 10.6. The Morgan fingerprint density at radius 1 is 1.32 bits per heavy atom. The first-order chi connectivity index (χ1) is 14.8. The van der Waals surface area contributed by atoms with Crippen molar-refractivity contribution in [1.82, 2.24) is 29.5 Å². The SMILES string of the molecule is CCNC(=NCc1ccc(-n2ccnc2C)c(F)c1)N(C)Cc1cn(C)nc1C(C)C. The summed E-state index contributed by atoms with van der Waals surface area (Å²) in [5.74, 6) is 1.58. The highest BCUT2D eigenvalue weighted by molar-refractivity contribution is 5.79. The molecule has 0 unspecified atom stereocenters. The van der Waals surface area contributed by atoms with Gasteiger partial charge < -0.3 is 14.8 Å². The smallest absolute Gasteiger partial charge is 0.194 e. The standard InChI is InChI=1S/C23H32FN7/c1-7-25-23(29(5)14-19-15-30(6)28-22(19)16(2)3)27-13-18-8-9-21(20(24)12-18)31-11-10-26-17(31)4/h8-12,15-16H,7,13-14H2,1-6H3,(H,25,27). The van der Waals surface area contributed by atoms with Crippen LogP contribution in [0.3, 0.4) is 0 Å². The summed E-state index contributed by atoms with van der Waals surface area (Å²) in [5, 5.41) is 7.92. The highest BCUT2D eigenvalue weighted by atomic mass is 19.1. The molecule has 0 radical (unpaired) electrons. The van der Waals surface area contributed by atoms with Crippen molar-refractivity contribution in [2.45, 2.75) is 46.7 Å². The van der Waals surface area contributed by atoms with E-state index in [0.29, 0.717) is 24.7 Å². The summed E-state index contributed by atoms with van der Waals surface area (Å²) in [5.41, 5.74) is 3.57. The normalized spacial score (nSPS) is 11.9. The minimum atomic E-state index is -0.288. The van der Waals surface area contributed by atoms with E-state index in [0.717, 1.165) is 29.6 Å². The van der Waals surface area contributed by atoms with E-state index in [2.05, 4.69) is 40.3 Å². The number of hydrogen-bond donors (Lipinski definition) is 1. The minimum absolute atomic E-state index is 0.288. The van der Waals surface area contributed by atoms with Gasteiger partial charge in [-0.15, -0.1) is 0 Å². The number of halogens is 1. The van der Waals surface area contributed by atoms with Gasteiger partial charge in [0.1, 0.15) is 11.6 Å². The number of nitrogens with zero attached hydrogens (tertiary/aromatic N) is 6. The van der Waals surface area contributed by atoms with Crippen LogP contribution in [-0.4, -0.2) is 43.8 Å². The van der Waals surface area contributed by atoms with Crippen molar-refractivity contribution in [2.75, 3.05) is 13.6 Å². The van der Waals surface area contributed by atoms with Crippen molar-refractivity contribution in [3.8, 4) is 5.69 Å². The van der Waals surface area contributed by atoms with E-state index >= 15 is 0 Å². The maximum absolute atomic E-state index is 14.7. The van der Waals surface area contributed by atoms with Crippen LogP contribution in [0, 0.1) is 12.7 Å². The van der Waals surface area contributed by atoms with Crippen molar-refractivity contribution in [1.29, 1.82) is 0 Å². The lowest BCUT2D eigenvalue weighted by molar-refractivity contribution is 0.473. The molecule has 3 rings (SSSR count). The van der Waals surface area contributed by atoms with Gasteiger partial charge in [0, 0.05) is 51.3 Å². The van der Waals surface area contributed by atoms with Crippen molar-refractivity contribution >= 4 is 5.96 Å². The molecule has 3 aromatic rings. The monoisotopic (exact) mass is 425 g/mol. The van der Waals surface area contributed by atoms with Crippen molar-refractivity contribution < 1.29 is 4.39 Å². The van der Waals surface area contributed by atoms with Gasteiger partial charge >= 0.3 is 0 Å². The molecule has 31 heavy (non-hydrogen) atoms. The van der Waals surface area contributed by atoms with Crippen LogP contribution in [-0.2, 0) is 20.1 Å². The first-order valence-corrected chi connectivity index (χ1v) is 10.6. The summed E-state index contributed by atoms with van der Waals surface area (Å²) >= 11 is 0. The molecule has 8 heteroatoms. The average Bonchev–Trinajstić information content (AvgIpc) is 3.30. The van der Waals surface area contributed by atoms with Crippen molar-refractivity contribution in [2.24, 2.45) is 12.0 Å². The number of rotatable bonds is 7. The van der Waals surface area contributed by atoms with Crippen LogP contribution in [0.25, 0.3) is 5.69 Å². The third-order valence-corrected chi connectivity index (χ3v) is 5.10. The van der Waals surface area contributed by atoms with E-state index in [-0.39, 0.29) is 5.82 Å². The number of nitrogens with one attached hydrogen (secondary N) is 1. The molecular weight excluding hydrogens is 393 g/mol. The predicted octanol–water partition coefficient (Wildman–Crippen LogP) is 3.77. The van der Waals surface area contributed by atoms with Gasteiger partial charge in [-0.05, 0) is 37.5 Å². The summed E-state index contributed by atoms with van der Waals surface area (Å²) < 4.78 is 18.3. The van der Waals surface area contributed by atoms with Crippen LogP contribution in [0.5, 0.6) is 0 Å². The molecule has 0 aliphatic carbocycles. The predicted molar refractivity (Wildman–Crippen MR) is 122 cm³/mol. The van der Waals surface area contributed by atoms with E-state index in [9.17, 15) is 4.39 Å². The van der Waals surface area contributed by atoms with Gasteiger partial charge in [-0.25, -0.2) is 14.4 Å². The van der Waals surface area contributed by atoms with Gasteiger partial charge in [-0.3, -0.25) is 4.68 Å². The first kappa shape index (κ1) is 22.5. The van der Waals surface area contributed by atoms with Gasteiger partial charge in [0.05, 0.1) is 17.9 Å². The molecule has 7 nitrogen and oxygen atoms in total. The highest BCUT2D eigenvalue weighted by Gasteiger charge is 2.15. The lowest BCUT2D eigenvalue weighted by atomic mass is 10.1. The number of guanidine groups is 1. The highest BCUT2D eigenvalue weighted by Crippen LogP contribution is 2.19. The summed E-state index contributed by atoms with van der Waals surface area (Å²) in [7, 11) is 3.95. The third kappa shape index (κ3) is 5.31. The van der Waals surface area contributed by atoms with Crippen molar-refractivity contribution in [3.63, 3.8) is 0 Å². The lowest BCUT2D eigenvalue weighted by Crippen LogP contribution is -2.38. The number of hydrogen-bond acceptors (Lipinski definition) is 3. The molecule has 0 aliphatic rings. The molecule has 0 fully saturated rings. The van der Waals surface area contributed by atoms with Gasteiger partial charge in [0.15, 0.2) is 5.96 Å². The third-order valence-electron chi connectivity index (χ3n) is 5.10. The summed E-state index contributed by atoms with van der Waals surface area (Å²) in [4.78, 5) is 11.0. The topological polar surface area (TPSA) is 63.3 Å². The van der Waals surface area contributed by atoms with Crippen LogP contribution in [0.15, 0.2) is 41.8 Å². The molecule has 2 heterocycles. The Morgan fingerprint density at radius 3 is 2.71 bits per heavy atom. The molecule has 2 aromatic heterocycles. The van der Waals surface area contributed by atoms with Crippen LogP contribution in [0.1, 0.15) is 49.3 Å². The molecule has 0 bridgehead atoms. The second-order valence-electron chi connectivity index (χ2n) is 8.02. The largest absolute Gasteiger partial charge is 0.357 e. The number of aryl methyl sites for hydroxylation is 2. The fraction of sp³-hybridized carbons (Fsp3) is 0.435. The Labute approximate surface area is 183 Å². The quantitative estimate of drug-likeness (QED) is 0.462. The molecule has 166 valence electrons. The van der Waals surface area contributed by atoms with Gasteiger partial charge in [-0.1, -0.05) is 19.9 Å². The summed E-state index contributed by atoms with van der Waals surface area (Å²) in [6, 6.07) is 5.22. The van der Waals surface area contributed by atoms with E-state index in [4.69, 9.17) is 4.99 Å². The molecule has 0 spiro atoms. The maximum atomic E-state index is 14.7. The summed E-state index contributed by atoms with van der Waals surface area (Å²) in [6.07, 6.45) is 5.48. The molecule has 0 saturated heterocycles. The van der Waals surface area contributed by atoms with E-state index in [1.807, 2.05) is 38.7 Å². The summed E-state index contributed by atoms with van der Waals surface area (Å²) in [6.45, 7) is 10.0. The number of aliphatic imine (C=N–C) groups is 1. The zero-order chi connectivity index (χ0) is 22.5. The molecule has 0 saturated carbocycles. The number of benzene rings is 1. The lowest BCUT2D eigenvalue weighted by Gasteiger charge is -2.22. The molecular formula is C23H32FN7. The van der Waals surface area contributed by atoms with Crippen molar-refractivity contribution in [3.05, 3.63) is 65.3 Å². The van der Waals surface area contributed by atoms with E-state index in [1.54, 1.807) is 29.1 Å². The molecule has 0 aliphatic heterocycles. The van der Waals surface area contributed by atoms with E-state index < -0.39 is 0 Å². The molecule has 1 N–H and O–H groups in total. The van der Waals surface area contributed by atoms with Crippen LogP contribution < -0.4 is 5.32 Å². The zero-order valence-electron chi connectivity index (χ0n) is 19.2. The van der Waals surface area contributed by atoms with Crippen LogP contribution >= 0.6 is 0 Å². The Balaban J connectivity index is 1.76. The minimum Gasteiger partial charge on any atom is -0.357 e. The second-order valence-corrected chi connectivity index (χ2v) is 8.02. The Hall–Kier alpha value is -3.16. The zero-order valence-corrected chi connectivity index (χ0v) is 19.2. The second kappa shape index (κ2) is 9.76. The number of aromatic nitrogens is 4. The molecule has 0 atom stereocenters. The average molecular weight is 426 g/mol. The Morgan fingerprint density at radius 2 is 2.10 bits per heavy atom. The van der Waals surface area contributed by atoms with Gasteiger partial charge in [-0.2, -0.15) is 5.10 Å². The Kier molecular flexibility index (Phi) is 7.09. The fourth-order valence-corrected chi connectivity index (χ4v) is 3.61. The van der Waals surface area contributed by atoms with E-state index in [1.165, 1.54) is 5.56 Å².